The van der Waals surface area contributed by atoms with Gasteiger partial charge in [-0.2, -0.15) is 5.26 Å². The van der Waals surface area contributed by atoms with Crippen LogP contribution in [0.25, 0.3) is 11.3 Å². The lowest BCUT2D eigenvalue weighted by atomic mass is 10.1. The first kappa shape index (κ1) is 20.0. The Balaban J connectivity index is 1.91. The molecule has 0 radical (unpaired) electrons. The predicted octanol–water partition coefficient (Wildman–Crippen LogP) is 4.60. The highest BCUT2D eigenvalue weighted by molar-refractivity contribution is 8.01. The van der Waals surface area contributed by atoms with E-state index in [1.54, 1.807) is 13.8 Å². The monoisotopic (exact) mass is 409 g/mol. The van der Waals surface area contributed by atoms with Crippen molar-refractivity contribution in [3.63, 3.8) is 0 Å². The summed E-state index contributed by atoms with van der Waals surface area (Å²) in [7, 11) is 0. The van der Waals surface area contributed by atoms with Crippen molar-refractivity contribution < 1.29 is 4.79 Å². The number of benzene rings is 1. The van der Waals surface area contributed by atoms with Crippen molar-refractivity contribution in [2.45, 2.75) is 37.5 Å². The maximum Gasteiger partial charge on any atom is 0.242 e. The van der Waals surface area contributed by atoms with E-state index < -0.39 is 4.75 Å². The summed E-state index contributed by atoms with van der Waals surface area (Å²) in [4.78, 5) is 17.5. The number of nitrogens with one attached hydrogen (secondary N) is 1. The molecule has 3 aromatic rings. The molecule has 1 aromatic carbocycles. The molecular formula is C20H19N5OS2. The van der Waals surface area contributed by atoms with Crippen LogP contribution in [-0.2, 0) is 4.79 Å². The fourth-order valence-corrected chi connectivity index (χ4v) is 4.09. The van der Waals surface area contributed by atoms with Crippen molar-refractivity contribution in [3.05, 3.63) is 52.5 Å². The van der Waals surface area contributed by atoms with Gasteiger partial charge >= 0.3 is 0 Å². The number of nitrogens with zero attached hydrogens (tertiary/aromatic N) is 4. The summed E-state index contributed by atoms with van der Waals surface area (Å²) in [5.74, 6) is -0.221. The first-order valence-corrected chi connectivity index (χ1v) is 10.2. The molecule has 0 saturated heterocycles. The molecule has 2 aromatic heterocycles. The van der Waals surface area contributed by atoms with Gasteiger partial charge in [0.15, 0.2) is 0 Å². The third kappa shape index (κ3) is 4.38. The Kier molecular flexibility index (Phi) is 5.77. The lowest BCUT2D eigenvalue weighted by molar-refractivity contribution is -0.117. The number of hydrogen-bond acceptors (Lipinski definition) is 7. The van der Waals surface area contributed by atoms with E-state index in [1.165, 1.54) is 23.1 Å². The van der Waals surface area contributed by atoms with E-state index in [0.717, 1.165) is 21.8 Å². The molecule has 0 unspecified atom stereocenters. The highest BCUT2D eigenvalue weighted by Gasteiger charge is 2.32. The molecule has 1 amide bonds. The van der Waals surface area contributed by atoms with Gasteiger partial charge in [0, 0.05) is 5.56 Å². The topological polar surface area (TPSA) is 91.6 Å². The molecule has 0 aliphatic carbocycles. The van der Waals surface area contributed by atoms with E-state index in [-0.39, 0.29) is 5.91 Å². The Morgan fingerprint density at radius 1 is 1.21 bits per heavy atom. The molecule has 0 atom stereocenters. The first-order valence-electron chi connectivity index (χ1n) is 8.58. The van der Waals surface area contributed by atoms with Crippen LogP contribution in [-0.4, -0.2) is 25.8 Å². The van der Waals surface area contributed by atoms with Crippen molar-refractivity contribution >= 4 is 34.1 Å². The van der Waals surface area contributed by atoms with Gasteiger partial charge in [0.25, 0.3) is 0 Å². The van der Waals surface area contributed by atoms with E-state index in [1.807, 2.05) is 50.2 Å². The van der Waals surface area contributed by atoms with Crippen LogP contribution < -0.4 is 5.32 Å². The van der Waals surface area contributed by atoms with Gasteiger partial charge in [0.2, 0.25) is 11.0 Å². The number of hydrogen-bond donors (Lipinski definition) is 1. The Hall–Kier alpha value is -2.76. The quantitative estimate of drug-likeness (QED) is 0.619. The number of aryl methyl sites for hydroxylation is 2. The van der Waals surface area contributed by atoms with Gasteiger partial charge in [0.1, 0.15) is 16.1 Å². The molecule has 0 spiro atoms. The van der Waals surface area contributed by atoms with Crippen molar-refractivity contribution in [1.29, 1.82) is 5.26 Å². The van der Waals surface area contributed by atoms with Crippen molar-refractivity contribution in [2.24, 2.45) is 0 Å². The van der Waals surface area contributed by atoms with Crippen LogP contribution in [0.15, 0.2) is 41.4 Å². The summed E-state index contributed by atoms with van der Waals surface area (Å²) < 4.78 is -0.860. The molecule has 8 heteroatoms. The minimum Gasteiger partial charge on any atom is -0.299 e. The number of nitriles is 1. The van der Waals surface area contributed by atoms with Crippen molar-refractivity contribution in [3.8, 4) is 17.3 Å². The molecule has 3 rings (SSSR count). The van der Waals surface area contributed by atoms with Gasteiger partial charge in [-0.25, -0.2) is 4.98 Å². The molecule has 6 nitrogen and oxygen atoms in total. The molecule has 0 aliphatic rings. The summed E-state index contributed by atoms with van der Waals surface area (Å²) in [6, 6.07) is 13.8. The second-order valence-electron chi connectivity index (χ2n) is 6.68. The van der Waals surface area contributed by atoms with Crippen LogP contribution in [0.3, 0.4) is 0 Å². The zero-order chi connectivity index (χ0) is 20.3. The minimum absolute atomic E-state index is 0.221. The molecule has 28 heavy (non-hydrogen) atoms. The van der Waals surface area contributed by atoms with Crippen LogP contribution in [0.4, 0.5) is 5.13 Å². The van der Waals surface area contributed by atoms with Gasteiger partial charge in [-0.3, -0.25) is 10.1 Å². The Morgan fingerprint density at radius 2 is 1.93 bits per heavy atom. The van der Waals surface area contributed by atoms with Gasteiger partial charge < -0.3 is 0 Å². The predicted molar refractivity (Wildman–Crippen MR) is 112 cm³/mol. The van der Waals surface area contributed by atoms with Crippen LogP contribution >= 0.6 is 23.1 Å². The van der Waals surface area contributed by atoms with Gasteiger partial charge in [-0.15, -0.1) is 10.2 Å². The average Bonchev–Trinajstić information content (AvgIpc) is 3.08. The zero-order valence-electron chi connectivity index (χ0n) is 16.0. The molecule has 142 valence electrons. The Bertz CT molecular complexity index is 1050. The van der Waals surface area contributed by atoms with Crippen LogP contribution in [0.5, 0.6) is 0 Å². The molecule has 0 aliphatic heterocycles. The van der Waals surface area contributed by atoms with E-state index in [2.05, 4.69) is 21.6 Å². The summed E-state index contributed by atoms with van der Waals surface area (Å²) in [6.45, 7) is 7.35. The number of rotatable bonds is 5. The normalized spacial score (nSPS) is 11.1. The second kappa shape index (κ2) is 8.09. The number of anilines is 1. The number of carbonyl (C=O) groups is 1. The fraction of sp³-hybridized carbons (Fsp3) is 0.250. The standard InChI is InChI=1S/C20H19N5OS2/c1-12-10-15(11-21)17(22-16(12)14-8-6-5-7-9-14)28-20(3,4)18(26)23-19-25-24-13(2)27-19/h5-10H,1-4H3,(H,23,25,26). The minimum atomic E-state index is -0.860. The third-order valence-corrected chi connectivity index (χ3v) is 5.95. The summed E-state index contributed by atoms with van der Waals surface area (Å²) in [5, 5.41) is 22.0. The molecular weight excluding hydrogens is 390 g/mol. The van der Waals surface area contributed by atoms with Gasteiger partial charge in [0.05, 0.1) is 16.0 Å². The van der Waals surface area contributed by atoms with E-state index in [4.69, 9.17) is 4.98 Å². The van der Waals surface area contributed by atoms with Crippen molar-refractivity contribution in [1.82, 2.24) is 15.2 Å². The number of pyridine rings is 1. The van der Waals surface area contributed by atoms with E-state index in [0.29, 0.717) is 15.7 Å². The van der Waals surface area contributed by atoms with Gasteiger partial charge in [-0.1, -0.05) is 53.4 Å². The summed E-state index contributed by atoms with van der Waals surface area (Å²) in [5.41, 5.74) is 3.14. The zero-order valence-corrected chi connectivity index (χ0v) is 17.6. The molecule has 0 saturated carbocycles. The lowest BCUT2D eigenvalue weighted by Crippen LogP contribution is -2.34. The molecule has 0 fully saturated rings. The molecule has 2 heterocycles. The molecule has 1 N–H and O–H groups in total. The summed E-state index contributed by atoms with van der Waals surface area (Å²) >= 11 is 2.58. The molecule has 0 bridgehead atoms. The third-order valence-electron chi connectivity index (χ3n) is 3.99. The Morgan fingerprint density at radius 3 is 2.54 bits per heavy atom. The first-order chi connectivity index (χ1) is 13.3. The van der Waals surface area contributed by atoms with Crippen LogP contribution in [0.1, 0.15) is 30.0 Å². The van der Waals surface area contributed by atoms with Crippen LogP contribution in [0.2, 0.25) is 0 Å². The SMILES string of the molecule is Cc1nnc(NC(=O)C(C)(C)Sc2nc(-c3ccccc3)c(C)cc2C#N)s1. The maximum atomic E-state index is 12.8. The largest absolute Gasteiger partial charge is 0.299 e. The van der Waals surface area contributed by atoms with E-state index >= 15 is 0 Å². The lowest BCUT2D eigenvalue weighted by Gasteiger charge is -2.22. The number of thioether (sulfide) groups is 1. The van der Waals surface area contributed by atoms with E-state index in [9.17, 15) is 10.1 Å². The second-order valence-corrected chi connectivity index (χ2v) is 9.47. The number of carbonyl (C=O) groups excluding carboxylic acids is 1. The van der Waals surface area contributed by atoms with Gasteiger partial charge in [-0.05, 0) is 39.3 Å². The fourth-order valence-electron chi connectivity index (χ4n) is 2.53. The average molecular weight is 410 g/mol. The smallest absolute Gasteiger partial charge is 0.242 e. The Labute approximate surface area is 172 Å². The van der Waals surface area contributed by atoms with Crippen LogP contribution in [0, 0.1) is 25.2 Å². The highest BCUT2D eigenvalue weighted by Crippen LogP contribution is 2.36. The van der Waals surface area contributed by atoms with Crippen molar-refractivity contribution in [2.75, 3.05) is 5.32 Å². The maximum absolute atomic E-state index is 12.8. The number of aromatic nitrogens is 3. The number of amides is 1. The highest BCUT2D eigenvalue weighted by atomic mass is 32.2. The summed E-state index contributed by atoms with van der Waals surface area (Å²) in [6.07, 6.45) is 0.